The lowest BCUT2D eigenvalue weighted by molar-refractivity contribution is 0.465. The molecule has 0 amide bonds. The molecule has 1 aromatic carbocycles. The summed E-state index contributed by atoms with van der Waals surface area (Å²) in [5.41, 5.74) is 1.15. The molecule has 20 heavy (non-hydrogen) atoms. The molecule has 9 heteroatoms. The minimum absolute atomic E-state index is 0.232. The number of hydrogen-bond acceptors (Lipinski definition) is 5. The van der Waals surface area contributed by atoms with E-state index in [1.54, 1.807) is 6.20 Å². The van der Waals surface area contributed by atoms with Gasteiger partial charge in [0, 0.05) is 13.1 Å². The topological polar surface area (TPSA) is 76.9 Å². The van der Waals surface area contributed by atoms with E-state index in [1.165, 1.54) is 16.8 Å². The van der Waals surface area contributed by atoms with Crippen molar-refractivity contribution in [3.63, 3.8) is 0 Å². The van der Waals surface area contributed by atoms with Crippen molar-refractivity contribution in [3.05, 3.63) is 36.2 Å². The molecular formula is C11H12F2N4O2S. The Morgan fingerprint density at radius 1 is 1.25 bits per heavy atom. The molecule has 2 aromatic rings. The summed E-state index contributed by atoms with van der Waals surface area (Å²) in [6.07, 6.45) is 1.62. The Morgan fingerprint density at radius 2 is 1.95 bits per heavy atom. The molecule has 0 aliphatic carbocycles. The van der Waals surface area contributed by atoms with Gasteiger partial charge in [-0.3, -0.25) is 0 Å². The van der Waals surface area contributed by atoms with E-state index in [1.807, 2.05) is 0 Å². The molecule has 0 saturated heterocycles. The van der Waals surface area contributed by atoms with Gasteiger partial charge in [0.05, 0.1) is 22.5 Å². The molecule has 108 valence electrons. The van der Waals surface area contributed by atoms with Crippen LogP contribution in [0.25, 0.3) is 5.69 Å². The van der Waals surface area contributed by atoms with Gasteiger partial charge < -0.3 is 5.32 Å². The first kappa shape index (κ1) is 14.5. The third-order valence-electron chi connectivity index (χ3n) is 2.50. The highest BCUT2D eigenvalue weighted by Crippen LogP contribution is 2.15. The fourth-order valence-corrected chi connectivity index (χ4v) is 2.01. The summed E-state index contributed by atoms with van der Waals surface area (Å²) in [6, 6.07) is 5.13. The van der Waals surface area contributed by atoms with Gasteiger partial charge in [0.2, 0.25) is 0 Å². The Bertz CT molecular complexity index is 670. The lowest BCUT2D eigenvalue weighted by Gasteiger charge is -2.00. The van der Waals surface area contributed by atoms with Crippen molar-refractivity contribution < 1.29 is 16.7 Å². The van der Waals surface area contributed by atoms with Crippen molar-refractivity contribution in [2.75, 3.05) is 13.2 Å². The Kier molecular flexibility index (Phi) is 4.40. The zero-order valence-electron chi connectivity index (χ0n) is 10.3. The van der Waals surface area contributed by atoms with Gasteiger partial charge in [0.15, 0.2) is 0 Å². The van der Waals surface area contributed by atoms with Crippen LogP contribution in [0.4, 0.5) is 8.28 Å². The minimum Gasteiger partial charge on any atom is -0.308 e. The van der Waals surface area contributed by atoms with Crippen molar-refractivity contribution in [2.45, 2.75) is 11.4 Å². The normalized spacial score (nSPS) is 11.7. The molecule has 0 aliphatic rings. The molecule has 1 heterocycles. The molecule has 0 fully saturated rings. The molecule has 0 radical (unpaired) electrons. The molecule has 2 rings (SSSR count). The van der Waals surface area contributed by atoms with Crippen LogP contribution >= 0.6 is 0 Å². The van der Waals surface area contributed by atoms with Gasteiger partial charge >= 0.3 is 10.2 Å². The van der Waals surface area contributed by atoms with Crippen molar-refractivity contribution >= 4 is 10.2 Å². The fraction of sp³-hybridized carbons (Fsp3) is 0.273. The predicted molar refractivity (Wildman–Crippen MR) is 67.3 cm³/mol. The Labute approximate surface area is 114 Å². The Balaban J connectivity index is 2.12. The van der Waals surface area contributed by atoms with Crippen LogP contribution in [0.1, 0.15) is 5.69 Å². The van der Waals surface area contributed by atoms with Crippen LogP contribution in [0.15, 0.2) is 35.4 Å². The van der Waals surface area contributed by atoms with Gasteiger partial charge in [-0.15, -0.1) is 8.98 Å². The second-order valence-electron chi connectivity index (χ2n) is 3.95. The van der Waals surface area contributed by atoms with Gasteiger partial charge in [0.25, 0.3) is 0 Å². The van der Waals surface area contributed by atoms with Crippen LogP contribution in [0.5, 0.6) is 0 Å². The summed E-state index contributed by atoms with van der Waals surface area (Å²) in [4.78, 5) is -0.411. The second-order valence-corrected chi connectivity index (χ2v) is 5.30. The van der Waals surface area contributed by atoms with Crippen molar-refractivity contribution in [3.8, 4) is 5.69 Å². The molecule has 0 aliphatic heterocycles. The zero-order valence-corrected chi connectivity index (χ0v) is 11.1. The van der Waals surface area contributed by atoms with Gasteiger partial charge in [-0.1, -0.05) is 5.21 Å². The van der Waals surface area contributed by atoms with E-state index in [0.717, 1.165) is 12.1 Å². The molecular weight excluding hydrogens is 290 g/mol. The highest BCUT2D eigenvalue weighted by atomic mass is 32.3. The van der Waals surface area contributed by atoms with Crippen molar-refractivity contribution in [2.24, 2.45) is 0 Å². The maximum absolute atomic E-state index is 12.7. The summed E-state index contributed by atoms with van der Waals surface area (Å²) >= 11 is 0. The number of rotatable bonds is 6. The third kappa shape index (κ3) is 3.58. The van der Waals surface area contributed by atoms with E-state index in [2.05, 4.69) is 15.6 Å². The van der Waals surface area contributed by atoms with E-state index in [0.29, 0.717) is 17.9 Å². The van der Waals surface area contributed by atoms with E-state index >= 15 is 0 Å². The third-order valence-corrected chi connectivity index (χ3v) is 3.34. The van der Waals surface area contributed by atoms with E-state index in [9.17, 15) is 16.7 Å². The summed E-state index contributed by atoms with van der Waals surface area (Å²) < 4.78 is 47.4. The van der Waals surface area contributed by atoms with Gasteiger partial charge in [-0.25, -0.2) is 9.07 Å². The molecule has 0 spiro atoms. The fourth-order valence-electron chi connectivity index (χ4n) is 1.55. The van der Waals surface area contributed by atoms with Crippen LogP contribution < -0.4 is 5.32 Å². The number of nitrogens with zero attached hydrogens (tertiary/aromatic N) is 3. The number of hydrogen-bond donors (Lipinski definition) is 1. The summed E-state index contributed by atoms with van der Waals surface area (Å²) in [6.45, 7) is 0.143. The molecule has 0 atom stereocenters. The zero-order chi connectivity index (χ0) is 14.6. The van der Waals surface area contributed by atoms with Crippen LogP contribution in [-0.4, -0.2) is 36.6 Å². The maximum Gasteiger partial charge on any atom is 0.332 e. The number of alkyl halides is 1. The quantitative estimate of drug-likeness (QED) is 0.636. The van der Waals surface area contributed by atoms with E-state index < -0.39 is 21.8 Å². The first-order valence-electron chi connectivity index (χ1n) is 5.74. The maximum atomic E-state index is 12.7. The average molecular weight is 302 g/mol. The first-order valence-corrected chi connectivity index (χ1v) is 7.12. The summed E-state index contributed by atoms with van der Waals surface area (Å²) in [5, 5.41) is 10.5. The van der Waals surface area contributed by atoms with E-state index in [-0.39, 0.29) is 6.54 Å². The first-order chi connectivity index (χ1) is 9.50. The number of halogens is 2. The molecule has 1 N–H and O–H groups in total. The SMILES string of the molecule is O=S(=O)(F)c1ccc(-n2cc(CNCCF)nn2)cc1. The van der Waals surface area contributed by atoms with Crippen LogP contribution in [0, 0.1) is 0 Å². The average Bonchev–Trinajstić information content (AvgIpc) is 2.87. The minimum atomic E-state index is -4.70. The standard InChI is InChI=1S/C11H12F2N4O2S/c12-5-6-14-7-9-8-17(16-15-9)10-1-3-11(4-2-10)20(13,18)19/h1-4,8,14H,5-7H2. The lowest BCUT2D eigenvalue weighted by Crippen LogP contribution is -2.16. The van der Waals surface area contributed by atoms with Crippen molar-refractivity contribution in [1.82, 2.24) is 20.3 Å². The van der Waals surface area contributed by atoms with Gasteiger partial charge in [-0.05, 0) is 24.3 Å². The number of nitrogens with one attached hydrogen (secondary N) is 1. The smallest absolute Gasteiger partial charge is 0.308 e. The van der Waals surface area contributed by atoms with Crippen molar-refractivity contribution in [1.29, 1.82) is 0 Å². The molecule has 0 saturated carbocycles. The Morgan fingerprint density at radius 3 is 2.55 bits per heavy atom. The van der Waals surface area contributed by atoms with Gasteiger partial charge in [0.1, 0.15) is 6.67 Å². The molecule has 0 bridgehead atoms. The summed E-state index contributed by atoms with van der Waals surface area (Å²) in [5.74, 6) is 0. The molecule has 0 unspecified atom stereocenters. The Hall–Kier alpha value is -1.87. The predicted octanol–water partition coefficient (Wildman–Crippen LogP) is 0.985. The highest BCUT2D eigenvalue weighted by Gasteiger charge is 2.11. The van der Waals surface area contributed by atoms with Gasteiger partial charge in [-0.2, -0.15) is 8.42 Å². The lowest BCUT2D eigenvalue weighted by atomic mass is 10.3. The van der Waals surface area contributed by atoms with Crippen LogP contribution in [0.3, 0.4) is 0 Å². The van der Waals surface area contributed by atoms with E-state index in [4.69, 9.17) is 0 Å². The molecule has 6 nitrogen and oxygen atoms in total. The number of aromatic nitrogens is 3. The summed E-state index contributed by atoms with van der Waals surface area (Å²) in [7, 11) is -4.70. The second kappa shape index (κ2) is 6.06. The van der Waals surface area contributed by atoms with Crippen LogP contribution in [-0.2, 0) is 16.8 Å². The number of benzene rings is 1. The van der Waals surface area contributed by atoms with Crippen LogP contribution in [0.2, 0.25) is 0 Å². The molecule has 1 aromatic heterocycles. The highest BCUT2D eigenvalue weighted by molar-refractivity contribution is 7.86. The largest absolute Gasteiger partial charge is 0.332 e. The monoisotopic (exact) mass is 302 g/mol.